The lowest BCUT2D eigenvalue weighted by molar-refractivity contribution is 0.186. The summed E-state index contributed by atoms with van der Waals surface area (Å²) in [5, 5.41) is 0.945. The van der Waals surface area contributed by atoms with Crippen LogP contribution in [0, 0.1) is 6.92 Å². The van der Waals surface area contributed by atoms with Gasteiger partial charge in [-0.1, -0.05) is 37.3 Å². The van der Waals surface area contributed by atoms with E-state index in [0.717, 1.165) is 38.4 Å². The molecule has 0 amide bonds. The Kier molecular flexibility index (Phi) is 4.76. The largest absolute Gasteiger partial charge is 0.380 e. The van der Waals surface area contributed by atoms with Crippen molar-refractivity contribution in [2.45, 2.75) is 33.4 Å². The second-order valence-corrected chi connectivity index (χ2v) is 7.57. The Hall–Kier alpha value is -2.57. The third kappa shape index (κ3) is 3.15. The van der Waals surface area contributed by atoms with E-state index < -0.39 is 0 Å². The number of fused-ring (bicyclic) bond motifs is 3. The fourth-order valence-corrected chi connectivity index (χ4v) is 4.60. The zero-order valence-electron chi connectivity index (χ0n) is 15.7. The molecule has 0 spiro atoms. The SMILES string of the molecule is CCc1nc2c(sc3nc(C)cc(COC)c32)c(=O)n1Cc1ccccc1. The molecular formula is C21H21N3O2S. The lowest BCUT2D eigenvalue weighted by atomic mass is 10.1. The van der Waals surface area contributed by atoms with Crippen LogP contribution in [0.4, 0.5) is 0 Å². The number of aromatic nitrogens is 3. The van der Waals surface area contributed by atoms with E-state index in [2.05, 4.69) is 4.98 Å². The molecule has 3 aromatic heterocycles. The van der Waals surface area contributed by atoms with Crippen LogP contribution in [0.25, 0.3) is 20.4 Å². The summed E-state index contributed by atoms with van der Waals surface area (Å²) < 4.78 is 7.81. The Morgan fingerprint density at radius 2 is 1.96 bits per heavy atom. The molecule has 0 radical (unpaired) electrons. The van der Waals surface area contributed by atoms with Crippen molar-refractivity contribution in [1.82, 2.24) is 14.5 Å². The first-order valence-electron chi connectivity index (χ1n) is 8.97. The average molecular weight is 379 g/mol. The summed E-state index contributed by atoms with van der Waals surface area (Å²) in [5.74, 6) is 0.792. The molecule has 5 nitrogen and oxygen atoms in total. The first-order valence-corrected chi connectivity index (χ1v) is 9.79. The first-order chi connectivity index (χ1) is 13.1. The molecule has 0 atom stereocenters. The molecular weight excluding hydrogens is 358 g/mol. The summed E-state index contributed by atoms with van der Waals surface area (Å²) >= 11 is 1.42. The highest BCUT2D eigenvalue weighted by atomic mass is 32.1. The molecule has 1 aromatic carbocycles. The van der Waals surface area contributed by atoms with Gasteiger partial charge in [0.15, 0.2) is 0 Å². The molecule has 138 valence electrons. The molecule has 0 fully saturated rings. The maximum absolute atomic E-state index is 13.3. The van der Waals surface area contributed by atoms with Crippen molar-refractivity contribution in [3.8, 4) is 0 Å². The third-order valence-electron chi connectivity index (χ3n) is 4.64. The third-order valence-corrected chi connectivity index (χ3v) is 5.70. The highest BCUT2D eigenvalue weighted by molar-refractivity contribution is 7.25. The van der Waals surface area contributed by atoms with Crippen molar-refractivity contribution in [1.29, 1.82) is 0 Å². The van der Waals surface area contributed by atoms with Crippen LogP contribution in [0.2, 0.25) is 0 Å². The minimum atomic E-state index is 0.00437. The van der Waals surface area contributed by atoms with E-state index in [-0.39, 0.29) is 5.56 Å². The number of methoxy groups -OCH3 is 1. The molecule has 0 unspecified atom stereocenters. The maximum Gasteiger partial charge on any atom is 0.271 e. The van der Waals surface area contributed by atoms with Gasteiger partial charge in [0.05, 0.1) is 18.7 Å². The van der Waals surface area contributed by atoms with Gasteiger partial charge in [-0.15, -0.1) is 11.3 Å². The molecule has 4 aromatic rings. The van der Waals surface area contributed by atoms with Crippen LogP contribution in [-0.2, 0) is 24.3 Å². The van der Waals surface area contributed by atoms with Crippen molar-refractivity contribution < 1.29 is 4.74 Å². The molecule has 0 saturated heterocycles. The molecule has 3 heterocycles. The van der Waals surface area contributed by atoms with Crippen molar-refractivity contribution in [2.24, 2.45) is 0 Å². The minimum Gasteiger partial charge on any atom is -0.380 e. The zero-order valence-corrected chi connectivity index (χ0v) is 16.5. The number of rotatable bonds is 5. The molecule has 0 aliphatic heterocycles. The van der Waals surface area contributed by atoms with Crippen LogP contribution in [0.1, 0.15) is 29.6 Å². The lowest BCUT2D eigenvalue weighted by Gasteiger charge is -2.11. The van der Waals surface area contributed by atoms with Crippen molar-refractivity contribution in [2.75, 3.05) is 7.11 Å². The van der Waals surface area contributed by atoms with Crippen LogP contribution in [-0.4, -0.2) is 21.6 Å². The van der Waals surface area contributed by atoms with E-state index in [1.807, 2.05) is 50.2 Å². The Balaban J connectivity index is 2.00. The minimum absolute atomic E-state index is 0.00437. The summed E-state index contributed by atoms with van der Waals surface area (Å²) in [7, 11) is 1.67. The quantitative estimate of drug-likeness (QED) is 0.524. The topological polar surface area (TPSA) is 57.0 Å². The Bertz CT molecular complexity index is 1180. The number of thiophene rings is 1. The zero-order chi connectivity index (χ0) is 19.0. The predicted molar refractivity (Wildman–Crippen MR) is 110 cm³/mol. The fourth-order valence-electron chi connectivity index (χ4n) is 3.44. The maximum atomic E-state index is 13.3. The smallest absolute Gasteiger partial charge is 0.271 e. The van der Waals surface area contributed by atoms with Crippen molar-refractivity contribution in [3.05, 3.63) is 69.4 Å². The summed E-state index contributed by atoms with van der Waals surface area (Å²) in [6.07, 6.45) is 0.689. The van der Waals surface area contributed by atoms with Crippen LogP contribution in [0.3, 0.4) is 0 Å². The van der Waals surface area contributed by atoms with Gasteiger partial charge < -0.3 is 4.74 Å². The van der Waals surface area contributed by atoms with E-state index in [1.165, 1.54) is 11.3 Å². The van der Waals surface area contributed by atoms with Gasteiger partial charge in [0.1, 0.15) is 15.4 Å². The Morgan fingerprint density at radius 1 is 1.19 bits per heavy atom. The van der Waals surface area contributed by atoms with Gasteiger partial charge >= 0.3 is 0 Å². The van der Waals surface area contributed by atoms with Gasteiger partial charge in [0.25, 0.3) is 5.56 Å². The van der Waals surface area contributed by atoms with Crippen LogP contribution < -0.4 is 5.56 Å². The van der Waals surface area contributed by atoms with Gasteiger partial charge in [-0.05, 0) is 24.1 Å². The van der Waals surface area contributed by atoms with Crippen LogP contribution >= 0.6 is 11.3 Å². The second-order valence-electron chi connectivity index (χ2n) is 6.57. The predicted octanol–water partition coefficient (Wildman–Crippen LogP) is 4.07. The average Bonchev–Trinajstić information content (AvgIpc) is 3.03. The number of ether oxygens (including phenoxy) is 1. The van der Waals surface area contributed by atoms with Gasteiger partial charge in [-0.25, -0.2) is 9.97 Å². The fraction of sp³-hybridized carbons (Fsp3) is 0.286. The van der Waals surface area contributed by atoms with Gasteiger partial charge in [-0.2, -0.15) is 0 Å². The molecule has 0 aliphatic rings. The monoisotopic (exact) mass is 379 g/mol. The van der Waals surface area contributed by atoms with Gasteiger partial charge in [0.2, 0.25) is 0 Å². The van der Waals surface area contributed by atoms with Gasteiger partial charge in [-0.3, -0.25) is 9.36 Å². The van der Waals surface area contributed by atoms with E-state index >= 15 is 0 Å². The molecule has 0 aliphatic carbocycles. The van der Waals surface area contributed by atoms with Crippen molar-refractivity contribution >= 4 is 31.8 Å². The summed E-state index contributed by atoms with van der Waals surface area (Å²) in [6.45, 7) is 4.99. The molecule has 27 heavy (non-hydrogen) atoms. The number of nitrogens with zero attached hydrogens (tertiary/aromatic N) is 3. The number of aryl methyl sites for hydroxylation is 2. The molecule has 0 bridgehead atoms. The highest BCUT2D eigenvalue weighted by Gasteiger charge is 2.19. The number of hydrogen-bond donors (Lipinski definition) is 0. The Labute approximate surface area is 161 Å². The van der Waals surface area contributed by atoms with E-state index in [4.69, 9.17) is 9.72 Å². The van der Waals surface area contributed by atoms with Crippen LogP contribution in [0.15, 0.2) is 41.2 Å². The molecule has 4 rings (SSSR count). The summed E-state index contributed by atoms with van der Waals surface area (Å²) in [6, 6.07) is 12.0. The lowest BCUT2D eigenvalue weighted by Crippen LogP contribution is -2.25. The molecule has 6 heteroatoms. The standard InChI is InChI=1S/C21H21N3O2S/c1-4-16-23-18-17-15(12-26-3)10-13(2)22-20(17)27-19(18)21(25)24(16)11-14-8-6-5-7-9-14/h5-10H,4,11-12H2,1-3H3. The highest BCUT2D eigenvalue weighted by Crippen LogP contribution is 2.33. The van der Waals surface area contributed by atoms with Crippen LogP contribution in [0.5, 0.6) is 0 Å². The van der Waals surface area contributed by atoms with Crippen molar-refractivity contribution in [3.63, 3.8) is 0 Å². The number of benzene rings is 1. The summed E-state index contributed by atoms with van der Waals surface area (Å²) in [5.41, 5.74) is 3.79. The molecule has 0 N–H and O–H groups in total. The van der Waals surface area contributed by atoms with E-state index in [9.17, 15) is 4.79 Å². The summed E-state index contributed by atoms with van der Waals surface area (Å²) in [4.78, 5) is 23.7. The molecule has 0 saturated carbocycles. The number of hydrogen-bond acceptors (Lipinski definition) is 5. The Morgan fingerprint density at radius 3 is 2.67 bits per heavy atom. The first kappa shape index (κ1) is 17.8. The van der Waals surface area contributed by atoms with Gasteiger partial charge in [0, 0.05) is 24.6 Å². The number of pyridine rings is 1. The normalized spacial score (nSPS) is 11.5. The van der Waals surface area contributed by atoms with E-state index in [0.29, 0.717) is 24.3 Å². The van der Waals surface area contributed by atoms with E-state index in [1.54, 1.807) is 11.7 Å². The second kappa shape index (κ2) is 7.21.